The third-order valence-corrected chi connectivity index (χ3v) is 4.03. The smallest absolute Gasteiger partial charge is 0.262 e. The minimum Gasteiger partial charge on any atom is -0.351 e. The Kier molecular flexibility index (Phi) is 6.17. The van der Waals surface area contributed by atoms with Gasteiger partial charge in [-0.1, -0.05) is 24.9 Å². The maximum absolute atomic E-state index is 11.7. The van der Waals surface area contributed by atoms with Crippen molar-refractivity contribution in [3.05, 3.63) is 21.3 Å². The van der Waals surface area contributed by atoms with Gasteiger partial charge in [0, 0.05) is 12.4 Å². The molecule has 1 aromatic heterocycles. The summed E-state index contributed by atoms with van der Waals surface area (Å²) in [4.78, 5) is 12.3. The van der Waals surface area contributed by atoms with E-state index in [0.717, 1.165) is 12.8 Å². The number of hydrogen-bond acceptors (Lipinski definition) is 2. The van der Waals surface area contributed by atoms with Gasteiger partial charge in [0.1, 0.15) is 4.88 Å². The molecule has 0 spiro atoms. The maximum Gasteiger partial charge on any atom is 0.262 e. The zero-order valence-corrected chi connectivity index (χ0v) is 11.5. The van der Waals surface area contributed by atoms with Crippen LogP contribution >= 0.6 is 34.5 Å². The monoisotopic (exact) mass is 279 g/mol. The van der Waals surface area contributed by atoms with Crippen LogP contribution in [-0.4, -0.2) is 18.3 Å². The summed E-state index contributed by atoms with van der Waals surface area (Å²) < 4.78 is 0. The van der Waals surface area contributed by atoms with Crippen LogP contribution in [0.3, 0.4) is 0 Å². The van der Waals surface area contributed by atoms with E-state index in [0.29, 0.717) is 28.2 Å². The van der Waals surface area contributed by atoms with Crippen molar-refractivity contribution in [2.75, 3.05) is 12.4 Å². The molecule has 0 aliphatic heterocycles. The highest BCUT2D eigenvalue weighted by Crippen LogP contribution is 2.21. The molecule has 0 aliphatic carbocycles. The van der Waals surface area contributed by atoms with Gasteiger partial charge in [-0.05, 0) is 23.8 Å². The zero-order chi connectivity index (χ0) is 12.0. The van der Waals surface area contributed by atoms with Crippen LogP contribution in [-0.2, 0) is 0 Å². The van der Waals surface area contributed by atoms with Crippen LogP contribution in [0.25, 0.3) is 0 Å². The van der Waals surface area contributed by atoms with Crippen LogP contribution in [0.2, 0.25) is 5.02 Å². The first-order valence-electron chi connectivity index (χ1n) is 5.26. The highest BCUT2D eigenvalue weighted by Gasteiger charge is 2.13. The molecule has 5 heteroatoms. The summed E-state index contributed by atoms with van der Waals surface area (Å²) in [5, 5.41) is 5.22. The summed E-state index contributed by atoms with van der Waals surface area (Å²) in [6.07, 6.45) is 1.95. The fraction of sp³-hybridized carbons (Fsp3) is 0.545. The van der Waals surface area contributed by atoms with Crippen LogP contribution in [0.5, 0.6) is 0 Å². The average molecular weight is 280 g/mol. The summed E-state index contributed by atoms with van der Waals surface area (Å²) in [6, 6.07) is 1.73. The van der Waals surface area contributed by atoms with Gasteiger partial charge in [0.25, 0.3) is 5.91 Å². The van der Waals surface area contributed by atoms with Crippen molar-refractivity contribution in [3.63, 3.8) is 0 Å². The van der Waals surface area contributed by atoms with E-state index < -0.39 is 0 Å². The van der Waals surface area contributed by atoms with Gasteiger partial charge >= 0.3 is 0 Å². The Balaban J connectivity index is 2.43. The first-order chi connectivity index (χ1) is 7.69. The lowest BCUT2D eigenvalue weighted by Gasteiger charge is -2.13. The number of thiophene rings is 1. The molecule has 1 atom stereocenters. The van der Waals surface area contributed by atoms with Crippen molar-refractivity contribution in [2.24, 2.45) is 5.92 Å². The lowest BCUT2D eigenvalue weighted by Crippen LogP contribution is -2.28. The SMILES string of the molecule is CCC(CCCl)CNC(=O)c1sccc1Cl. The molecule has 0 saturated heterocycles. The molecule has 1 unspecified atom stereocenters. The second-order valence-electron chi connectivity index (χ2n) is 3.56. The molecule has 1 rings (SSSR count). The largest absolute Gasteiger partial charge is 0.351 e. The van der Waals surface area contributed by atoms with Crippen LogP contribution in [0.4, 0.5) is 0 Å². The fourth-order valence-electron chi connectivity index (χ4n) is 1.38. The number of hydrogen-bond donors (Lipinski definition) is 1. The van der Waals surface area contributed by atoms with Crippen LogP contribution < -0.4 is 5.32 Å². The number of carbonyl (C=O) groups excluding carboxylic acids is 1. The number of halogens is 2. The zero-order valence-electron chi connectivity index (χ0n) is 9.13. The van der Waals surface area contributed by atoms with Crippen molar-refractivity contribution in [2.45, 2.75) is 19.8 Å². The van der Waals surface area contributed by atoms with Gasteiger partial charge in [-0.25, -0.2) is 0 Å². The fourth-order valence-corrected chi connectivity index (χ4v) is 2.74. The van der Waals surface area contributed by atoms with E-state index in [-0.39, 0.29) is 5.91 Å². The van der Waals surface area contributed by atoms with Gasteiger partial charge in [-0.15, -0.1) is 22.9 Å². The number of alkyl halides is 1. The Morgan fingerprint density at radius 2 is 2.38 bits per heavy atom. The van der Waals surface area contributed by atoms with Crippen molar-refractivity contribution in [1.82, 2.24) is 5.32 Å². The number of carbonyl (C=O) groups is 1. The maximum atomic E-state index is 11.7. The van der Waals surface area contributed by atoms with Gasteiger partial charge in [-0.3, -0.25) is 4.79 Å². The standard InChI is InChI=1S/C11H15Cl2NOS/c1-2-8(3-5-12)7-14-11(15)10-9(13)4-6-16-10/h4,6,8H,2-3,5,7H2,1H3,(H,14,15). The minimum absolute atomic E-state index is 0.0898. The van der Waals surface area contributed by atoms with Gasteiger partial charge in [0.15, 0.2) is 0 Å². The molecule has 0 radical (unpaired) electrons. The third kappa shape index (κ3) is 3.96. The molecular formula is C11H15Cl2NOS. The molecule has 1 N–H and O–H groups in total. The highest BCUT2D eigenvalue weighted by molar-refractivity contribution is 7.12. The van der Waals surface area contributed by atoms with Crippen LogP contribution in [0.15, 0.2) is 11.4 Å². The van der Waals surface area contributed by atoms with Crippen LogP contribution in [0, 0.1) is 5.92 Å². The Hall–Kier alpha value is -0.250. The normalized spacial score (nSPS) is 12.4. The third-order valence-electron chi connectivity index (χ3n) is 2.47. The van der Waals surface area contributed by atoms with E-state index in [2.05, 4.69) is 12.2 Å². The molecule has 90 valence electrons. The summed E-state index contributed by atoms with van der Waals surface area (Å²) in [5.74, 6) is 0.988. The quantitative estimate of drug-likeness (QED) is 0.789. The lowest BCUT2D eigenvalue weighted by molar-refractivity contribution is 0.0950. The summed E-state index contributed by atoms with van der Waals surface area (Å²) >= 11 is 12.9. The molecule has 0 bridgehead atoms. The molecule has 1 amide bonds. The molecule has 0 fully saturated rings. The second kappa shape index (κ2) is 7.15. The molecular weight excluding hydrogens is 265 g/mol. The van der Waals surface area contributed by atoms with Gasteiger partial charge in [-0.2, -0.15) is 0 Å². The van der Waals surface area contributed by atoms with E-state index in [1.807, 2.05) is 5.38 Å². The van der Waals surface area contributed by atoms with E-state index in [1.165, 1.54) is 11.3 Å². The highest BCUT2D eigenvalue weighted by atomic mass is 35.5. The van der Waals surface area contributed by atoms with E-state index in [9.17, 15) is 4.79 Å². The predicted molar refractivity (Wildman–Crippen MR) is 70.8 cm³/mol. The average Bonchev–Trinajstić information content (AvgIpc) is 2.70. The molecule has 0 saturated carbocycles. The topological polar surface area (TPSA) is 29.1 Å². The first kappa shape index (κ1) is 13.8. The summed E-state index contributed by atoms with van der Waals surface area (Å²) in [7, 11) is 0. The Morgan fingerprint density at radius 1 is 1.62 bits per heavy atom. The van der Waals surface area contributed by atoms with Gasteiger partial charge in [0.2, 0.25) is 0 Å². The molecule has 1 heterocycles. The number of rotatable bonds is 6. The van der Waals surface area contributed by atoms with E-state index in [4.69, 9.17) is 23.2 Å². The number of nitrogens with one attached hydrogen (secondary N) is 1. The molecule has 16 heavy (non-hydrogen) atoms. The van der Waals surface area contributed by atoms with Crippen LogP contribution in [0.1, 0.15) is 29.4 Å². The minimum atomic E-state index is -0.0898. The van der Waals surface area contributed by atoms with Gasteiger partial charge < -0.3 is 5.32 Å². The Labute approximate surface area is 110 Å². The second-order valence-corrected chi connectivity index (χ2v) is 5.26. The Bertz CT molecular complexity index is 340. The molecule has 2 nitrogen and oxygen atoms in total. The summed E-state index contributed by atoms with van der Waals surface area (Å²) in [5.41, 5.74) is 0. The Morgan fingerprint density at radius 3 is 2.88 bits per heavy atom. The molecule has 0 aromatic carbocycles. The van der Waals surface area contributed by atoms with E-state index >= 15 is 0 Å². The van der Waals surface area contributed by atoms with E-state index in [1.54, 1.807) is 6.07 Å². The molecule has 1 aromatic rings. The van der Waals surface area contributed by atoms with Crippen molar-refractivity contribution < 1.29 is 4.79 Å². The predicted octanol–water partition coefficient (Wildman–Crippen LogP) is 3.79. The number of amides is 1. The summed E-state index contributed by atoms with van der Waals surface area (Å²) in [6.45, 7) is 2.76. The van der Waals surface area contributed by atoms with Gasteiger partial charge in [0.05, 0.1) is 5.02 Å². The van der Waals surface area contributed by atoms with Crippen molar-refractivity contribution in [1.29, 1.82) is 0 Å². The molecule has 0 aliphatic rings. The van der Waals surface area contributed by atoms with Crippen molar-refractivity contribution >= 4 is 40.4 Å². The first-order valence-corrected chi connectivity index (χ1v) is 7.05. The van der Waals surface area contributed by atoms with Crippen molar-refractivity contribution in [3.8, 4) is 0 Å². The lowest BCUT2D eigenvalue weighted by atomic mass is 10.0.